The van der Waals surface area contributed by atoms with Crippen LogP contribution >= 0.6 is 0 Å². The van der Waals surface area contributed by atoms with Gasteiger partial charge < -0.3 is 33.9 Å². The molecule has 4 heterocycles. The molecule has 2 aromatic rings. The average molecular weight is 450 g/mol. The predicted octanol–water partition coefficient (Wildman–Crippen LogP) is 2.36. The van der Waals surface area contributed by atoms with Gasteiger partial charge in [-0.3, -0.25) is 9.59 Å². The number of carbonyl (C=O) groups is 2. The fourth-order valence-corrected chi connectivity index (χ4v) is 5.21. The molecule has 2 aromatic carbocycles. The van der Waals surface area contributed by atoms with Gasteiger partial charge in [0.1, 0.15) is 5.60 Å². The van der Waals surface area contributed by atoms with Gasteiger partial charge in [-0.05, 0) is 24.3 Å². The number of benzene rings is 2. The zero-order chi connectivity index (χ0) is 22.7. The third-order valence-corrected chi connectivity index (χ3v) is 6.72. The lowest BCUT2D eigenvalue weighted by atomic mass is 9.77. The fourth-order valence-electron chi connectivity index (χ4n) is 5.21. The molecule has 0 aliphatic carbocycles. The number of hydrogen-bond donors (Lipinski definition) is 1. The number of anilines is 2. The van der Waals surface area contributed by atoms with E-state index in [1.165, 1.54) is 7.11 Å². The minimum atomic E-state index is -0.822. The number of nitrogens with one attached hydrogen (secondary N) is 1. The van der Waals surface area contributed by atoms with Gasteiger partial charge in [0.25, 0.3) is 0 Å². The van der Waals surface area contributed by atoms with Gasteiger partial charge in [0.15, 0.2) is 23.0 Å². The molecule has 0 aromatic heterocycles. The maximum Gasteiger partial charge on any atom is 0.234 e. The molecule has 4 aliphatic rings. The first kappa shape index (κ1) is 19.9. The molecule has 1 spiro atoms. The molecule has 4 atom stereocenters. The highest BCUT2D eigenvalue weighted by atomic mass is 16.7. The second-order valence-corrected chi connectivity index (χ2v) is 8.42. The van der Waals surface area contributed by atoms with Crippen molar-refractivity contribution >= 4 is 23.2 Å². The molecule has 9 heteroatoms. The summed E-state index contributed by atoms with van der Waals surface area (Å²) in [6, 6.07) is 10.5. The lowest BCUT2D eigenvalue weighted by Gasteiger charge is -2.23. The number of hydrogen-bond acceptors (Lipinski definition) is 7. The summed E-state index contributed by atoms with van der Waals surface area (Å²) in [5.74, 6) is 0.629. The number of amides is 2. The van der Waals surface area contributed by atoms with Gasteiger partial charge in [0.05, 0.1) is 38.7 Å². The summed E-state index contributed by atoms with van der Waals surface area (Å²) >= 11 is 0. The Morgan fingerprint density at radius 1 is 1.09 bits per heavy atom. The van der Waals surface area contributed by atoms with Crippen LogP contribution in [0.4, 0.5) is 11.4 Å². The van der Waals surface area contributed by atoms with Crippen molar-refractivity contribution in [2.75, 3.05) is 37.8 Å². The SMILES string of the molecule is COc1ccc(NC(=O)[C@H]2[C@@H]3C=C[C@@]4(CN(c5ccc6c(c5)OCO6)C(=O)[C@H]24)O3)cc1OC. The third-order valence-electron chi connectivity index (χ3n) is 6.72. The van der Waals surface area contributed by atoms with Crippen LogP contribution in [0.5, 0.6) is 23.0 Å². The summed E-state index contributed by atoms with van der Waals surface area (Å²) in [5, 5.41) is 2.92. The Morgan fingerprint density at radius 2 is 1.91 bits per heavy atom. The molecule has 1 N–H and O–H groups in total. The molecule has 6 rings (SSSR count). The van der Waals surface area contributed by atoms with E-state index in [4.69, 9.17) is 23.7 Å². The second-order valence-electron chi connectivity index (χ2n) is 8.42. The third kappa shape index (κ3) is 2.88. The highest BCUT2D eigenvalue weighted by Gasteiger charge is 2.67. The first-order valence-corrected chi connectivity index (χ1v) is 10.6. The highest BCUT2D eigenvalue weighted by molar-refractivity contribution is 6.05. The van der Waals surface area contributed by atoms with Crippen molar-refractivity contribution in [3.63, 3.8) is 0 Å². The first-order valence-electron chi connectivity index (χ1n) is 10.6. The number of ether oxygens (including phenoxy) is 5. The quantitative estimate of drug-likeness (QED) is 0.699. The number of carbonyl (C=O) groups excluding carboxylic acids is 2. The Labute approximate surface area is 189 Å². The van der Waals surface area contributed by atoms with Gasteiger partial charge in [-0.25, -0.2) is 0 Å². The smallest absolute Gasteiger partial charge is 0.234 e. The van der Waals surface area contributed by atoms with Crippen molar-refractivity contribution in [3.05, 3.63) is 48.6 Å². The number of methoxy groups -OCH3 is 2. The Kier molecular flexibility index (Phi) is 4.31. The minimum Gasteiger partial charge on any atom is -0.493 e. The summed E-state index contributed by atoms with van der Waals surface area (Å²) in [4.78, 5) is 28.5. The molecule has 9 nitrogen and oxygen atoms in total. The molecule has 2 saturated heterocycles. The minimum absolute atomic E-state index is 0.145. The van der Waals surface area contributed by atoms with Crippen LogP contribution < -0.4 is 29.2 Å². The van der Waals surface area contributed by atoms with Crippen LogP contribution in [0.3, 0.4) is 0 Å². The molecule has 2 amide bonds. The van der Waals surface area contributed by atoms with Crippen molar-refractivity contribution < 1.29 is 33.3 Å². The van der Waals surface area contributed by atoms with Crippen molar-refractivity contribution in [1.82, 2.24) is 0 Å². The zero-order valence-corrected chi connectivity index (χ0v) is 18.1. The molecular formula is C24H22N2O7. The van der Waals surface area contributed by atoms with Crippen molar-refractivity contribution in [2.24, 2.45) is 11.8 Å². The Hall–Kier alpha value is -3.72. The van der Waals surface area contributed by atoms with E-state index in [1.54, 1.807) is 42.3 Å². The van der Waals surface area contributed by atoms with E-state index in [0.717, 1.165) is 0 Å². The lowest BCUT2D eigenvalue weighted by molar-refractivity contribution is -0.128. The van der Waals surface area contributed by atoms with Crippen LogP contribution in [0, 0.1) is 11.8 Å². The molecule has 2 bridgehead atoms. The molecule has 2 fully saturated rings. The molecule has 4 aliphatic heterocycles. The summed E-state index contributed by atoms with van der Waals surface area (Å²) in [6.07, 6.45) is 3.36. The predicted molar refractivity (Wildman–Crippen MR) is 117 cm³/mol. The van der Waals surface area contributed by atoms with E-state index in [9.17, 15) is 9.59 Å². The van der Waals surface area contributed by atoms with Gasteiger partial charge in [-0.1, -0.05) is 12.2 Å². The van der Waals surface area contributed by atoms with E-state index in [-0.39, 0.29) is 18.6 Å². The number of nitrogens with zero attached hydrogens (tertiary/aromatic N) is 1. The van der Waals surface area contributed by atoms with Crippen LogP contribution in [0.2, 0.25) is 0 Å². The van der Waals surface area contributed by atoms with Crippen LogP contribution in [-0.4, -0.2) is 51.1 Å². The van der Waals surface area contributed by atoms with E-state index in [1.807, 2.05) is 18.2 Å². The summed E-state index contributed by atoms with van der Waals surface area (Å²) in [6.45, 7) is 0.495. The van der Waals surface area contributed by atoms with Crippen LogP contribution in [0.1, 0.15) is 0 Å². The van der Waals surface area contributed by atoms with Crippen molar-refractivity contribution in [2.45, 2.75) is 11.7 Å². The van der Waals surface area contributed by atoms with Crippen LogP contribution in [0.25, 0.3) is 0 Å². The summed E-state index contributed by atoms with van der Waals surface area (Å²) in [7, 11) is 3.08. The number of rotatable bonds is 5. The molecule has 0 saturated carbocycles. The zero-order valence-electron chi connectivity index (χ0n) is 18.1. The molecule has 0 unspecified atom stereocenters. The van der Waals surface area contributed by atoms with Gasteiger partial charge in [-0.15, -0.1) is 0 Å². The second kappa shape index (κ2) is 7.14. The van der Waals surface area contributed by atoms with Crippen molar-refractivity contribution in [1.29, 1.82) is 0 Å². The normalized spacial score (nSPS) is 28.2. The maximum absolute atomic E-state index is 13.5. The van der Waals surface area contributed by atoms with E-state index in [0.29, 0.717) is 40.9 Å². The molecule has 170 valence electrons. The maximum atomic E-state index is 13.5. The van der Waals surface area contributed by atoms with E-state index >= 15 is 0 Å². The van der Waals surface area contributed by atoms with Gasteiger partial charge >= 0.3 is 0 Å². The fraction of sp³-hybridized carbons (Fsp3) is 0.333. The monoisotopic (exact) mass is 450 g/mol. The van der Waals surface area contributed by atoms with E-state index < -0.39 is 23.5 Å². The lowest BCUT2D eigenvalue weighted by Crippen LogP contribution is -2.41. The topological polar surface area (TPSA) is 95.6 Å². The Balaban J connectivity index is 1.27. The van der Waals surface area contributed by atoms with Crippen LogP contribution in [0.15, 0.2) is 48.6 Å². The Morgan fingerprint density at radius 3 is 2.73 bits per heavy atom. The van der Waals surface area contributed by atoms with Gasteiger partial charge in [0.2, 0.25) is 18.6 Å². The number of fused-ring (bicyclic) bond motifs is 2. The van der Waals surface area contributed by atoms with E-state index in [2.05, 4.69) is 5.32 Å². The van der Waals surface area contributed by atoms with Crippen molar-refractivity contribution in [3.8, 4) is 23.0 Å². The molecule has 33 heavy (non-hydrogen) atoms. The largest absolute Gasteiger partial charge is 0.493 e. The standard InChI is InChI=1S/C24H22N2O7/c1-29-15-5-3-13(9-18(15)30-2)25-22(27)20-17-7-8-24(33-17)11-26(23(28)21(20)24)14-4-6-16-19(10-14)32-12-31-16/h3-10,17,20-21H,11-12H2,1-2H3,(H,25,27)/t17-,20-,21-,24-/m0/s1. The van der Waals surface area contributed by atoms with Crippen LogP contribution in [-0.2, 0) is 14.3 Å². The molecular weight excluding hydrogens is 428 g/mol. The van der Waals surface area contributed by atoms with Gasteiger partial charge in [0, 0.05) is 23.5 Å². The molecule has 0 radical (unpaired) electrons. The highest BCUT2D eigenvalue weighted by Crippen LogP contribution is 2.53. The summed E-state index contributed by atoms with van der Waals surface area (Å²) in [5.41, 5.74) is 0.418. The Bertz CT molecular complexity index is 1200. The first-order chi connectivity index (χ1) is 16.0. The average Bonchev–Trinajstić information content (AvgIpc) is 3.59. The van der Waals surface area contributed by atoms with Gasteiger partial charge in [-0.2, -0.15) is 0 Å². The summed E-state index contributed by atoms with van der Waals surface area (Å²) < 4.78 is 27.6.